The van der Waals surface area contributed by atoms with E-state index in [-0.39, 0.29) is 11.7 Å². The number of hydrogen-bond acceptors (Lipinski definition) is 5. The SMILES string of the molecule is Cc1ccc(-n2nc(C(=O)NCCc3cccs3)nc2-c2ccco2)cc1. The van der Waals surface area contributed by atoms with Crippen LogP contribution in [0.1, 0.15) is 21.1 Å². The number of furan rings is 1. The summed E-state index contributed by atoms with van der Waals surface area (Å²) < 4.78 is 7.11. The van der Waals surface area contributed by atoms with E-state index in [2.05, 4.69) is 21.5 Å². The number of nitrogens with one attached hydrogen (secondary N) is 1. The van der Waals surface area contributed by atoms with Crippen LogP contribution in [0.15, 0.2) is 64.6 Å². The zero-order valence-corrected chi connectivity index (χ0v) is 15.6. The Morgan fingerprint density at radius 1 is 1.19 bits per heavy atom. The molecule has 136 valence electrons. The Morgan fingerprint density at radius 2 is 2.04 bits per heavy atom. The van der Waals surface area contributed by atoms with Crippen LogP contribution in [-0.4, -0.2) is 27.2 Å². The quantitative estimate of drug-likeness (QED) is 0.553. The van der Waals surface area contributed by atoms with E-state index in [1.165, 1.54) is 4.88 Å². The van der Waals surface area contributed by atoms with E-state index in [4.69, 9.17) is 4.42 Å². The number of amides is 1. The molecular formula is C20H18N4O2S. The van der Waals surface area contributed by atoms with Crippen LogP contribution in [0, 0.1) is 6.92 Å². The maximum absolute atomic E-state index is 12.5. The van der Waals surface area contributed by atoms with Crippen LogP contribution in [0.3, 0.4) is 0 Å². The molecule has 3 heterocycles. The third-order valence-electron chi connectivity index (χ3n) is 4.07. The van der Waals surface area contributed by atoms with Crippen molar-refractivity contribution in [3.63, 3.8) is 0 Å². The highest BCUT2D eigenvalue weighted by molar-refractivity contribution is 7.09. The molecule has 0 fully saturated rings. The van der Waals surface area contributed by atoms with Crippen molar-refractivity contribution in [2.24, 2.45) is 0 Å². The molecule has 4 rings (SSSR count). The molecule has 4 aromatic rings. The van der Waals surface area contributed by atoms with Crippen molar-refractivity contribution >= 4 is 17.2 Å². The normalized spacial score (nSPS) is 10.9. The Hall–Kier alpha value is -3.19. The van der Waals surface area contributed by atoms with Gasteiger partial charge in [0.15, 0.2) is 11.6 Å². The van der Waals surface area contributed by atoms with Gasteiger partial charge >= 0.3 is 0 Å². The topological polar surface area (TPSA) is 73.0 Å². The zero-order valence-electron chi connectivity index (χ0n) is 14.8. The molecule has 0 saturated carbocycles. The number of benzene rings is 1. The van der Waals surface area contributed by atoms with Crippen LogP contribution in [0.2, 0.25) is 0 Å². The second-order valence-corrected chi connectivity index (χ2v) is 7.10. The Balaban J connectivity index is 1.58. The fourth-order valence-corrected chi connectivity index (χ4v) is 3.38. The van der Waals surface area contributed by atoms with E-state index in [0.717, 1.165) is 17.7 Å². The fourth-order valence-electron chi connectivity index (χ4n) is 2.67. The molecule has 0 atom stereocenters. The number of aryl methyl sites for hydroxylation is 1. The highest BCUT2D eigenvalue weighted by atomic mass is 32.1. The summed E-state index contributed by atoms with van der Waals surface area (Å²) >= 11 is 1.67. The maximum atomic E-state index is 12.5. The van der Waals surface area contributed by atoms with Gasteiger partial charge in [-0.15, -0.1) is 16.4 Å². The number of carbonyl (C=O) groups is 1. The van der Waals surface area contributed by atoms with Gasteiger partial charge in [0, 0.05) is 11.4 Å². The third-order valence-corrected chi connectivity index (χ3v) is 5.00. The van der Waals surface area contributed by atoms with Crippen molar-refractivity contribution in [1.82, 2.24) is 20.1 Å². The van der Waals surface area contributed by atoms with Gasteiger partial charge in [0.1, 0.15) is 0 Å². The molecule has 27 heavy (non-hydrogen) atoms. The lowest BCUT2D eigenvalue weighted by Crippen LogP contribution is -2.26. The highest BCUT2D eigenvalue weighted by Crippen LogP contribution is 2.22. The van der Waals surface area contributed by atoms with Gasteiger partial charge in [-0.05, 0) is 49.1 Å². The summed E-state index contributed by atoms with van der Waals surface area (Å²) in [5, 5.41) is 9.33. The second kappa shape index (κ2) is 7.59. The lowest BCUT2D eigenvalue weighted by Gasteiger charge is -2.04. The summed E-state index contributed by atoms with van der Waals surface area (Å²) in [6.45, 7) is 2.56. The van der Waals surface area contributed by atoms with Gasteiger partial charge in [-0.1, -0.05) is 23.8 Å². The van der Waals surface area contributed by atoms with Crippen LogP contribution in [-0.2, 0) is 6.42 Å². The first-order chi connectivity index (χ1) is 13.2. The van der Waals surface area contributed by atoms with E-state index in [1.54, 1.807) is 34.4 Å². The summed E-state index contributed by atoms with van der Waals surface area (Å²) in [5.74, 6) is 0.867. The first-order valence-corrected chi connectivity index (χ1v) is 9.47. The monoisotopic (exact) mass is 378 g/mol. The van der Waals surface area contributed by atoms with E-state index in [9.17, 15) is 4.79 Å². The Labute approximate surface area is 160 Å². The van der Waals surface area contributed by atoms with Crippen molar-refractivity contribution in [2.45, 2.75) is 13.3 Å². The van der Waals surface area contributed by atoms with Crippen LogP contribution in [0.5, 0.6) is 0 Å². The molecule has 0 radical (unpaired) electrons. The zero-order chi connectivity index (χ0) is 18.6. The van der Waals surface area contributed by atoms with Gasteiger partial charge in [0.05, 0.1) is 12.0 Å². The summed E-state index contributed by atoms with van der Waals surface area (Å²) in [5.41, 5.74) is 1.96. The number of rotatable bonds is 6. The molecule has 0 unspecified atom stereocenters. The van der Waals surface area contributed by atoms with Gasteiger partial charge in [0.2, 0.25) is 5.82 Å². The molecule has 0 bridgehead atoms. The van der Waals surface area contributed by atoms with Crippen LogP contribution in [0.25, 0.3) is 17.3 Å². The van der Waals surface area contributed by atoms with Gasteiger partial charge in [-0.2, -0.15) is 4.98 Å². The van der Waals surface area contributed by atoms with Crippen molar-refractivity contribution in [3.8, 4) is 17.3 Å². The molecule has 3 aromatic heterocycles. The van der Waals surface area contributed by atoms with Crippen LogP contribution in [0.4, 0.5) is 0 Å². The minimum Gasteiger partial charge on any atom is -0.461 e. The van der Waals surface area contributed by atoms with Crippen molar-refractivity contribution in [2.75, 3.05) is 6.54 Å². The van der Waals surface area contributed by atoms with Gasteiger partial charge in [-0.3, -0.25) is 4.79 Å². The Kier molecular flexibility index (Phi) is 4.84. The van der Waals surface area contributed by atoms with E-state index in [0.29, 0.717) is 18.1 Å². The average molecular weight is 378 g/mol. The molecule has 6 nitrogen and oxygen atoms in total. The predicted octanol–water partition coefficient (Wildman–Crippen LogP) is 3.87. The molecule has 0 aliphatic heterocycles. The number of carbonyl (C=O) groups excluding carboxylic acids is 1. The summed E-state index contributed by atoms with van der Waals surface area (Å²) in [6.07, 6.45) is 2.36. The van der Waals surface area contributed by atoms with Crippen molar-refractivity contribution in [1.29, 1.82) is 0 Å². The number of thiophene rings is 1. The first-order valence-electron chi connectivity index (χ1n) is 8.59. The smallest absolute Gasteiger partial charge is 0.291 e. The summed E-state index contributed by atoms with van der Waals surface area (Å²) in [6, 6.07) is 15.5. The Bertz CT molecular complexity index is 1020. The second-order valence-electron chi connectivity index (χ2n) is 6.07. The van der Waals surface area contributed by atoms with Crippen molar-refractivity contribution in [3.05, 3.63) is 76.4 Å². The van der Waals surface area contributed by atoms with Crippen LogP contribution >= 0.6 is 11.3 Å². The van der Waals surface area contributed by atoms with Gasteiger partial charge < -0.3 is 9.73 Å². The van der Waals surface area contributed by atoms with E-state index in [1.807, 2.05) is 42.6 Å². The minimum atomic E-state index is -0.301. The number of aromatic nitrogens is 3. The molecule has 1 amide bonds. The molecule has 7 heteroatoms. The molecule has 0 aliphatic rings. The number of hydrogen-bond donors (Lipinski definition) is 1. The van der Waals surface area contributed by atoms with Crippen LogP contribution < -0.4 is 5.32 Å². The Morgan fingerprint density at radius 3 is 2.74 bits per heavy atom. The third kappa shape index (κ3) is 3.83. The van der Waals surface area contributed by atoms with E-state index < -0.39 is 0 Å². The lowest BCUT2D eigenvalue weighted by atomic mass is 10.2. The molecule has 0 spiro atoms. The maximum Gasteiger partial charge on any atom is 0.291 e. The first kappa shape index (κ1) is 17.2. The lowest BCUT2D eigenvalue weighted by molar-refractivity contribution is 0.0944. The highest BCUT2D eigenvalue weighted by Gasteiger charge is 2.20. The van der Waals surface area contributed by atoms with Gasteiger partial charge in [0.25, 0.3) is 5.91 Å². The molecule has 1 aromatic carbocycles. The van der Waals surface area contributed by atoms with Gasteiger partial charge in [-0.25, -0.2) is 4.68 Å². The minimum absolute atomic E-state index is 0.119. The molecular weight excluding hydrogens is 360 g/mol. The standard InChI is InChI=1S/C20H18N4O2S/c1-14-6-8-15(9-7-14)24-19(17-5-2-12-26-17)22-18(23-24)20(25)21-11-10-16-4-3-13-27-16/h2-9,12-13H,10-11H2,1H3,(H,21,25). The average Bonchev–Trinajstić information content (AvgIpc) is 3.43. The van der Waals surface area contributed by atoms with E-state index >= 15 is 0 Å². The largest absolute Gasteiger partial charge is 0.461 e. The van der Waals surface area contributed by atoms with Crippen molar-refractivity contribution < 1.29 is 9.21 Å². The summed E-state index contributed by atoms with van der Waals surface area (Å²) in [7, 11) is 0. The fraction of sp³-hybridized carbons (Fsp3) is 0.150. The number of nitrogens with zero attached hydrogens (tertiary/aromatic N) is 3. The molecule has 1 N–H and O–H groups in total. The molecule has 0 aliphatic carbocycles. The molecule has 0 saturated heterocycles. The summed E-state index contributed by atoms with van der Waals surface area (Å²) in [4.78, 5) is 18.2. The predicted molar refractivity (Wildman–Crippen MR) is 104 cm³/mol.